The van der Waals surface area contributed by atoms with Gasteiger partial charge in [0.05, 0.1) is 17.8 Å². The van der Waals surface area contributed by atoms with Crippen molar-refractivity contribution in [3.63, 3.8) is 0 Å². The molecule has 26 heavy (non-hydrogen) atoms. The zero-order valence-electron chi connectivity index (χ0n) is 14.1. The number of hydrogen-bond donors (Lipinski definition) is 1. The molecule has 0 aromatic heterocycles. The van der Waals surface area contributed by atoms with E-state index in [9.17, 15) is 4.79 Å². The molecule has 0 heterocycles. The SMILES string of the molecule is O=C(O)c1ccc(N=NCc2ccc(OCc3ccccc3)cc2)cc1. The molecule has 0 saturated heterocycles. The van der Waals surface area contributed by atoms with Crippen molar-refractivity contribution in [1.82, 2.24) is 0 Å². The number of azo groups is 1. The molecule has 0 fully saturated rings. The molecule has 0 saturated carbocycles. The number of benzene rings is 3. The maximum absolute atomic E-state index is 10.8. The van der Waals surface area contributed by atoms with E-state index in [0.29, 0.717) is 18.8 Å². The lowest BCUT2D eigenvalue weighted by molar-refractivity contribution is 0.0697. The number of carboxylic acids is 1. The smallest absolute Gasteiger partial charge is 0.335 e. The summed E-state index contributed by atoms with van der Waals surface area (Å²) >= 11 is 0. The lowest BCUT2D eigenvalue weighted by Crippen LogP contribution is -1.95. The number of rotatable bonds is 7. The summed E-state index contributed by atoms with van der Waals surface area (Å²) in [5.74, 6) is -0.151. The predicted octanol–water partition coefficient (Wildman–Crippen LogP) is 5.25. The molecule has 3 aromatic rings. The summed E-state index contributed by atoms with van der Waals surface area (Å²) in [6.07, 6.45) is 0. The minimum absolute atomic E-state index is 0.232. The Morgan fingerprint density at radius 1 is 0.846 bits per heavy atom. The van der Waals surface area contributed by atoms with Crippen LogP contribution in [0.2, 0.25) is 0 Å². The van der Waals surface area contributed by atoms with Crippen LogP contribution in [0.4, 0.5) is 5.69 Å². The molecule has 0 aliphatic rings. The van der Waals surface area contributed by atoms with E-state index in [4.69, 9.17) is 9.84 Å². The molecule has 0 unspecified atom stereocenters. The molecule has 0 radical (unpaired) electrons. The second-order valence-corrected chi connectivity index (χ2v) is 5.67. The molecule has 0 atom stereocenters. The standard InChI is InChI=1S/C21H18N2O3/c24-21(25)18-8-10-19(11-9-18)23-22-14-16-6-12-20(13-7-16)26-15-17-4-2-1-3-5-17/h1-13H,14-15H2,(H,24,25). The van der Waals surface area contributed by atoms with Gasteiger partial charge < -0.3 is 9.84 Å². The van der Waals surface area contributed by atoms with Gasteiger partial charge in [-0.05, 0) is 47.5 Å². The van der Waals surface area contributed by atoms with Crippen LogP contribution >= 0.6 is 0 Å². The van der Waals surface area contributed by atoms with Crippen LogP contribution in [-0.2, 0) is 13.2 Å². The highest BCUT2D eigenvalue weighted by Gasteiger charge is 2.01. The lowest BCUT2D eigenvalue weighted by Gasteiger charge is -2.06. The largest absolute Gasteiger partial charge is 0.489 e. The van der Waals surface area contributed by atoms with E-state index in [0.717, 1.165) is 16.9 Å². The Hall–Kier alpha value is -3.47. The summed E-state index contributed by atoms with van der Waals surface area (Å²) in [5, 5.41) is 17.1. The van der Waals surface area contributed by atoms with Gasteiger partial charge in [-0.1, -0.05) is 42.5 Å². The van der Waals surface area contributed by atoms with E-state index in [1.807, 2.05) is 54.6 Å². The summed E-state index contributed by atoms with van der Waals surface area (Å²) in [5.41, 5.74) is 3.00. The van der Waals surface area contributed by atoms with E-state index in [1.165, 1.54) is 12.1 Å². The van der Waals surface area contributed by atoms with Crippen molar-refractivity contribution in [3.05, 3.63) is 95.6 Å². The van der Waals surface area contributed by atoms with Gasteiger partial charge >= 0.3 is 5.97 Å². The Balaban J connectivity index is 1.51. The number of nitrogens with zero attached hydrogens (tertiary/aromatic N) is 2. The maximum atomic E-state index is 10.8. The van der Waals surface area contributed by atoms with Gasteiger partial charge in [-0.2, -0.15) is 10.2 Å². The van der Waals surface area contributed by atoms with Crippen LogP contribution in [-0.4, -0.2) is 11.1 Å². The Kier molecular flexibility index (Phi) is 5.72. The topological polar surface area (TPSA) is 71.2 Å². The van der Waals surface area contributed by atoms with E-state index < -0.39 is 5.97 Å². The Morgan fingerprint density at radius 2 is 1.54 bits per heavy atom. The highest BCUT2D eigenvalue weighted by Crippen LogP contribution is 2.17. The summed E-state index contributed by atoms with van der Waals surface area (Å²) in [4.78, 5) is 10.8. The zero-order chi connectivity index (χ0) is 18.2. The minimum Gasteiger partial charge on any atom is -0.489 e. The van der Waals surface area contributed by atoms with Gasteiger partial charge in [0.2, 0.25) is 0 Å². The molecule has 0 aliphatic heterocycles. The second kappa shape index (κ2) is 8.58. The van der Waals surface area contributed by atoms with Crippen LogP contribution in [0.1, 0.15) is 21.5 Å². The van der Waals surface area contributed by atoms with Crippen molar-refractivity contribution < 1.29 is 14.6 Å². The molecule has 1 N–H and O–H groups in total. The van der Waals surface area contributed by atoms with E-state index in [1.54, 1.807) is 12.1 Å². The number of carbonyl (C=O) groups is 1. The third-order valence-electron chi connectivity index (χ3n) is 3.73. The fraction of sp³-hybridized carbons (Fsp3) is 0.0952. The highest BCUT2D eigenvalue weighted by atomic mass is 16.5. The zero-order valence-corrected chi connectivity index (χ0v) is 14.1. The Labute approximate surface area is 151 Å². The van der Waals surface area contributed by atoms with Gasteiger partial charge in [-0.25, -0.2) is 4.79 Å². The lowest BCUT2D eigenvalue weighted by atomic mass is 10.2. The summed E-state index contributed by atoms with van der Waals surface area (Å²) in [6, 6.07) is 24.0. The average Bonchev–Trinajstić information content (AvgIpc) is 2.68. The van der Waals surface area contributed by atoms with E-state index in [-0.39, 0.29) is 5.56 Å². The van der Waals surface area contributed by atoms with Gasteiger partial charge in [-0.15, -0.1) is 0 Å². The highest BCUT2D eigenvalue weighted by molar-refractivity contribution is 5.87. The molecule has 130 valence electrons. The number of hydrogen-bond acceptors (Lipinski definition) is 4. The maximum Gasteiger partial charge on any atom is 0.335 e. The first-order chi connectivity index (χ1) is 12.7. The molecule has 5 nitrogen and oxygen atoms in total. The van der Waals surface area contributed by atoms with Gasteiger partial charge in [0.1, 0.15) is 12.4 Å². The van der Waals surface area contributed by atoms with Crippen molar-refractivity contribution in [3.8, 4) is 5.75 Å². The minimum atomic E-state index is -0.955. The summed E-state index contributed by atoms with van der Waals surface area (Å²) in [7, 11) is 0. The predicted molar refractivity (Wildman–Crippen MR) is 98.8 cm³/mol. The monoisotopic (exact) mass is 346 g/mol. The van der Waals surface area contributed by atoms with E-state index >= 15 is 0 Å². The van der Waals surface area contributed by atoms with E-state index in [2.05, 4.69) is 10.2 Å². The molecule has 0 bridgehead atoms. The van der Waals surface area contributed by atoms with Crippen molar-refractivity contribution in [2.45, 2.75) is 13.2 Å². The first-order valence-electron chi connectivity index (χ1n) is 8.17. The number of carboxylic acid groups (broad SMARTS) is 1. The van der Waals surface area contributed by atoms with Crippen molar-refractivity contribution in [2.75, 3.05) is 0 Å². The van der Waals surface area contributed by atoms with Crippen LogP contribution in [0.15, 0.2) is 89.1 Å². The van der Waals surface area contributed by atoms with Crippen LogP contribution in [0.5, 0.6) is 5.75 Å². The van der Waals surface area contributed by atoms with Gasteiger partial charge in [0, 0.05) is 0 Å². The fourth-order valence-corrected chi connectivity index (χ4v) is 2.30. The van der Waals surface area contributed by atoms with Gasteiger partial charge in [0.25, 0.3) is 0 Å². The Morgan fingerprint density at radius 3 is 2.19 bits per heavy atom. The van der Waals surface area contributed by atoms with Gasteiger partial charge in [-0.3, -0.25) is 0 Å². The van der Waals surface area contributed by atoms with Crippen LogP contribution in [0.25, 0.3) is 0 Å². The third kappa shape index (κ3) is 5.01. The molecule has 3 aromatic carbocycles. The normalized spacial score (nSPS) is 10.8. The molecular formula is C21H18N2O3. The Bertz CT molecular complexity index is 873. The molecule has 3 rings (SSSR count). The summed E-state index contributed by atoms with van der Waals surface area (Å²) in [6.45, 7) is 0.978. The van der Waals surface area contributed by atoms with Crippen molar-refractivity contribution in [1.29, 1.82) is 0 Å². The molecule has 0 amide bonds. The molecule has 0 spiro atoms. The number of ether oxygens (including phenoxy) is 1. The first kappa shape index (κ1) is 17.4. The van der Waals surface area contributed by atoms with Crippen LogP contribution < -0.4 is 4.74 Å². The van der Waals surface area contributed by atoms with Crippen LogP contribution in [0.3, 0.4) is 0 Å². The quantitative estimate of drug-likeness (QED) is 0.594. The second-order valence-electron chi connectivity index (χ2n) is 5.67. The van der Waals surface area contributed by atoms with Crippen molar-refractivity contribution >= 4 is 11.7 Å². The average molecular weight is 346 g/mol. The number of aromatic carboxylic acids is 1. The third-order valence-corrected chi connectivity index (χ3v) is 3.73. The van der Waals surface area contributed by atoms with Gasteiger partial charge in [0.15, 0.2) is 0 Å². The fourth-order valence-electron chi connectivity index (χ4n) is 2.30. The first-order valence-corrected chi connectivity index (χ1v) is 8.17. The molecule has 0 aliphatic carbocycles. The summed E-state index contributed by atoms with van der Waals surface area (Å²) < 4.78 is 5.75. The van der Waals surface area contributed by atoms with Crippen molar-refractivity contribution in [2.24, 2.45) is 10.2 Å². The molecular weight excluding hydrogens is 328 g/mol. The molecule has 5 heteroatoms. The van der Waals surface area contributed by atoms with Crippen LogP contribution in [0, 0.1) is 0 Å².